The molecule has 0 fully saturated rings. The zero-order valence-electron chi connectivity index (χ0n) is 8.36. The van der Waals surface area contributed by atoms with Crippen LogP contribution in [0.4, 0.5) is 0 Å². The Bertz CT molecular complexity index is 356. The van der Waals surface area contributed by atoms with Crippen LogP contribution in [0, 0.1) is 0 Å². The van der Waals surface area contributed by atoms with Gasteiger partial charge in [-0.15, -0.1) is 0 Å². The molecule has 1 aliphatic rings. The van der Waals surface area contributed by atoms with Crippen molar-refractivity contribution in [3.8, 4) is 0 Å². The average molecular weight is 209 g/mol. The van der Waals surface area contributed by atoms with E-state index < -0.39 is 0 Å². The predicted molar refractivity (Wildman–Crippen MR) is 60.4 cm³/mol. The summed E-state index contributed by atoms with van der Waals surface area (Å²) in [5.41, 5.74) is 8.21. The first-order chi connectivity index (χ1) is 6.70. The molecule has 1 aromatic heterocycles. The van der Waals surface area contributed by atoms with Gasteiger partial charge in [-0.3, -0.25) is 0 Å². The molecule has 14 heavy (non-hydrogen) atoms. The first-order valence-corrected chi connectivity index (χ1v) is 5.45. The van der Waals surface area contributed by atoms with Gasteiger partial charge in [-0.05, 0) is 32.6 Å². The summed E-state index contributed by atoms with van der Waals surface area (Å²) < 4.78 is 2.12. The Kier molecular flexibility index (Phi) is 2.54. The number of fused-ring (bicyclic) bond motifs is 1. The van der Waals surface area contributed by atoms with E-state index in [1.54, 1.807) is 0 Å². The molecule has 2 N–H and O–H groups in total. The molecule has 0 radical (unpaired) electrons. The van der Waals surface area contributed by atoms with Crippen molar-refractivity contribution in [1.29, 1.82) is 0 Å². The highest BCUT2D eigenvalue weighted by atomic mass is 32.1. The van der Waals surface area contributed by atoms with Crippen LogP contribution in [0.5, 0.6) is 0 Å². The summed E-state index contributed by atoms with van der Waals surface area (Å²) >= 11 is 5.00. The van der Waals surface area contributed by atoms with E-state index in [4.69, 9.17) is 18.0 Å². The van der Waals surface area contributed by atoms with Crippen LogP contribution in [0.1, 0.15) is 37.2 Å². The Morgan fingerprint density at radius 2 is 2.29 bits per heavy atom. The van der Waals surface area contributed by atoms with Gasteiger partial charge in [0.1, 0.15) is 0 Å². The van der Waals surface area contributed by atoms with Gasteiger partial charge < -0.3 is 10.3 Å². The minimum absolute atomic E-state index is 0.0966. The van der Waals surface area contributed by atoms with Crippen molar-refractivity contribution >= 4 is 17.2 Å². The lowest BCUT2D eigenvalue weighted by molar-refractivity contribution is 0.600. The summed E-state index contributed by atoms with van der Waals surface area (Å²) in [6.45, 7) is 2.03. The van der Waals surface area contributed by atoms with E-state index in [1.165, 1.54) is 24.2 Å². The van der Waals surface area contributed by atoms with Gasteiger partial charge in [0.15, 0.2) is 0 Å². The van der Waals surface area contributed by atoms with E-state index in [0.717, 1.165) is 12.8 Å². The van der Waals surface area contributed by atoms with Gasteiger partial charge in [0.25, 0.3) is 0 Å². The summed E-state index contributed by atoms with van der Waals surface area (Å²) in [6, 6.07) is 0.0966. The van der Waals surface area contributed by atoms with Gasteiger partial charge in [-0.2, -0.15) is 0 Å². The second-order valence-electron chi connectivity index (χ2n) is 3.83. The van der Waals surface area contributed by atoms with Crippen LogP contribution in [-0.4, -0.2) is 14.5 Å². The predicted octanol–water partition coefficient (Wildman–Crippen LogP) is 1.61. The quantitative estimate of drug-likeness (QED) is 0.753. The van der Waals surface area contributed by atoms with Gasteiger partial charge in [-0.25, -0.2) is 4.98 Å². The molecule has 0 aliphatic heterocycles. The van der Waals surface area contributed by atoms with E-state index in [0.29, 0.717) is 4.99 Å². The molecule has 1 unspecified atom stereocenters. The fourth-order valence-corrected chi connectivity index (χ4v) is 2.08. The third-order valence-corrected chi connectivity index (χ3v) is 3.23. The van der Waals surface area contributed by atoms with Crippen molar-refractivity contribution < 1.29 is 0 Å². The van der Waals surface area contributed by atoms with Crippen LogP contribution < -0.4 is 5.73 Å². The zero-order valence-corrected chi connectivity index (χ0v) is 9.18. The maximum absolute atomic E-state index is 5.64. The van der Waals surface area contributed by atoms with Crippen molar-refractivity contribution in [2.24, 2.45) is 5.73 Å². The SMILES string of the molecule is CC(C(N)=S)n1cnc2c1CCCC2. The number of hydrogen-bond acceptors (Lipinski definition) is 2. The maximum atomic E-state index is 5.64. The smallest absolute Gasteiger partial charge is 0.0958 e. The highest BCUT2D eigenvalue weighted by Gasteiger charge is 2.18. The number of nitrogens with zero attached hydrogens (tertiary/aromatic N) is 2. The first-order valence-electron chi connectivity index (χ1n) is 5.04. The Labute approximate surface area is 89.3 Å². The number of nitrogens with two attached hydrogens (primary N) is 1. The van der Waals surface area contributed by atoms with E-state index in [2.05, 4.69) is 9.55 Å². The van der Waals surface area contributed by atoms with Crippen molar-refractivity contribution in [3.63, 3.8) is 0 Å². The van der Waals surface area contributed by atoms with E-state index in [-0.39, 0.29) is 6.04 Å². The summed E-state index contributed by atoms with van der Waals surface area (Å²) in [6.07, 6.45) is 6.60. The molecule has 0 amide bonds. The van der Waals surface area contributed by atoms with E-state index in [1.807, 2.05) is 13.3 Å². The molecule has 1 aliphatic carbocycles. The molecular weight excluding hydrogens is 194 g/mol. The van der Waals surface area contributed by atoms with Crippen LogP contribution in [0.15, 0.2) is 6.33 Å². The molecule has 1 aromatic rings. The first kappa shape index (κ1) is 9.65. The summed E-state index contributed by atoms with van der Waals surface area (Å²) in [7, 11) is 0. The summed E-state index contributed by atoms with van der Waals surface area (Å²) in [5.74, 6) is 0. The molecule has 0 saturated heterocycles. The summed E-state index contributed by atoms with van der Waals surface area (Å²) in [4.78, 5) is 4.95. The van der Waals surface area contributed by atoms with Crippen LogP contribution in [0.3, 0.4) is 0 Å². The van der Waals surface area contributed by atoms with Crippen molar-refractivity contribution in [2.45, 2.75) is 38.6 Å². The minimum atomic E-state index is 0.0966. The van der Waals surface area contributed by atoms with Gasteiger partial charge in [0.2, 0.25) is 0 Å². The molecule has 1 atom stereocenters. The number of hydrogen-bond donors (Lipinski definition) is 1. The van der Waals surface area contributed by atoms with Gasteiger partial charge in [0, 0.05) is 5.69 Å². The highest BCUT2D eigenvalue weighted by Crippen LogP contribution is 2.22. The number of thiocarbonyl (C=S) groups is 1. The number of aryl methyl sites for hydroxylation is 1. The second-order valence-corrected chi connectivity index (χ2v) is 4.30. The van der Waals surface area contributed by atoms with Gasteiger partial charge >= 0.3 is 0 Å². The van der Waals surface area contributed by atoms with E-state index >= 15 is 0 Å². The molecule has 0 spiro atoms. The Hall–Kier alpha value is -0.900. The average Bonchev–Trinajstić information content (AvgIpc) is 2.60. The van der Waals surface area contributed by atoms with Crippen LogP contribution in [-0.2, 0) is 12.8 Å². The van der Waals surface area contributed by atoms with Gasteiger partial charge in [-0.1, -0.05) is 12.2 Å². The highest BCUT2D eigenvalue weighted by molar-refractivity contribution is 7.80. The molecule has 2 rings (SSSR count). The van der Waals surface area contributed by atoms with Crippen LogP contribution in [0.25, 0.3) is 0 Å². The molecule has 76 valence electrons. The zero-order chi connectivity index (χ0) is 10.1. The standard InChI is InChI=1S/C10H15N3S/c1-7(10(11)14)13-6-12-8-4-2-3-5-9(8)13/h6-7H,2-5H2,1H3,(H2,11,14). The second kappa shape index (κ2) is 3.69. The molecule has 1 heterocycles. The molecular formula is C10H15N3S. The van der Waals surface area contributed by atoms with Crippen LogP contribution >= 0.6 is 12.2 Å². The number of imidazole rings is 1. The Balaban J connectivity index is 2.34. The fraction of sp³-hybridized carbons (Fsp3) is 0.600. The lowest BCUT2D eigenvalue weighted by atomic mass is 10.0. The monoisotopic (exact) mass is 209 g/mol. The fourth-order valence-electron chi connectivity index (χ4n) is 1.96. The molecule has 4 heteroatoms. The Morgan fingerprint density at radius 1 is 1.57 bits per heavy atom. The molecule has 0 saturated carbocycles. The lowest BCUT2D eigenvalue weighted by Gasteiger charge is -2.18. The Morgan fingerprint density at radius 3 is 3.00 bits per heavy atom. The molecule has 0 bridgehead atoms. The maximum Gasteiger partial charge on any atom is 0.0958 e. The van der Waals surface area contributed by atoms with Gasteiger partial charge in [0.05, 0.1) is 23.1 Å². The van der Waals surface area contributed by atoms with Crippen LogP contribution in [0.2, 0.25) is 0 Å². The third kappa shape index (κ3) is 1.54. The van der Waals surface area contributed by atoms with Crippen molar-refractivity contribution in [3.05, 3.63) is 17.7 Å². The summed E-state index contributed by atoms with van der Waals surface area (Å²) in [5, 5.41) is 0. The number of aromatic nitrogens is 2. The minimum Gasteiger partial charge on any atom is -0.392 e. The third-order valence-electron chi connectivity index (χ3n) is 2.89. The molecule has 3 nitrogen and oxygen atoms in total. The topological polar surface area (TPSA) is 43.8 Å². The normalized spacial score (nSPS) is 17.5. The lowest BCUT2D eigenvalue weighted by Crippen LogP contribution is -2.23. The van der Waals surface area contributed by atoms with Crippen molar-refractivity contribution in [2.75, 3.05) is 0 Å². The van der Waals surface area contributed by atoms with E-state index in [9.17, 15) is 0 Å². The largest absolute Gasteiger partial charge is 0.392 e. The van der Waals surface area contributed by atoms with Crippen molar-refractivity contribution in [1.82, 2.24) is 9.55 Å². The number of rotatable bonds is 2. The molecule has 0 aromatic carbocycles.